The van der Waals surface area contributed by atoms with Gasteiger partial charge < -0.3 is 9.30 Å². The molecule has 1 aromatic heterocycles. The first-order valence-electron chi connectivity index (χ1n) is 10.7. The number of halogens is 1. The van der Waals surface area contributed by atoms with Gasteiger partial charge in [-0.1, -0.05) is 35.4 Å². The fraction of sp³-hybridized carbons (Fsp3) is 0.231. The molecule has 0 unspecified atom stereocenters. The van der Waals surface area contributed by atoms with E-state index in [1.165, 1.54) is 4.90 Å². The van der Waals surface area contributed by atoms with Crippen molar-refractivity contribution in [3.05, 3.63) is 86.5 Å². The molecule has 7 heteroatoms. The van der Waals surface area contributed by atoms with Crippen molar-refractivity contribution < 1.29 is 14.3 Å². The van der Waals surface area contributed by atoms with Crippen LogP contribution in [0, 0.1) is 27.7 Å². The Morgan fingerprint density at radius 2 is 1.76 bits per heavy atom. The van der Waals surface area contributed by atoms with Crippen LogP contribution in [0.2, 0.25) is 5.02 Å². The number of carbonyl (C=O) groups excluding carboxylic acids is 2. The third kappa shape index (κ3) is 4.72. The summed E-state index contributed by atoms with van der Waals surface area (Å²) in [4.78, 5) is 27.1. The minimum atomic E-state index is -0.291. The van der Waals surface area contributed by atoms with E-state index in [-0.39, 0.29) is 24.3 Å². The molecule has 1 fully saturated rings. The van der Waals surface area contributed by atoms with Crippen molar-refractivity contribution in [2.45, 2.75) is 27.7 Å². The van der Waals surface area contributed by atoms with Crippen molar-refractivity contribution in [2.75, 3.05) is 13.2 Å². The van der Waals surface area contributed by atoms with E-state index in [2.05, 4.69) is 4.57 Å². The van der Waals surface area contributed by atoms with Gasteiger partial charge in [0.25, 0.3) is 11.1 Å². The maximum atomic E-state index is 12.9. The van der Waals surface area contributed by atoms with Gasteiger partial charge in [-0.25, -0.2) is 0 Å². The summed E-state index contributed by atoms with van der Waals surface area (Å²) in [5.41, 5.74) is 6.03. The van der Waals surface area contributed by atoms with E-state index in [0.717, 1.165) is 45.5 Å². The van der Waals surface area contributed by atoms with Crippen LogP contribution in [0.15, 0.2) is 53.4 Å². The lowest BCUT2D eigenvalue weighted by atomic mass is 10.2. The number of carbonyl (C=O) groups is 2. The topological polar surface area (TPSA) is 51.5 Å². The van der Waals surface area contributed by atoms with E-state index in [9.17, 15) is 9.59 Å². The summed E-state index contributed by atoms with van der Waals surface area (Å²) in [7, 11) is 0. The largest absolute Gasteiger partial charge is 0.492 e. The van der Waals surface area contributed by atoms with Crippen LogP contribution in [0.5, 0.6) is 5.75 Å². The summed E-state index contributed by atoms with van der Waals surface area (Å²) in [5, 5.41) is 0.425. The number of rotatable bonds is 6. The van der Waals surface area contributed by atoms with E-state index in [1.807, 2.05) is 76.2 Å². The molecule has 0 bridgehead atoms. The Balaban J connectivity index is 1.51. The van der Waals surface area contributed by atoms with Crippen LogP contribution in [-0.2, 0) is 4.79 Å². The van der Waals surface area contributed by atoms with Crippen LogP contribution in [0.25, 0.3) is 11.8 Å². The van der Waals surface area contributed by atoms with Crippen LogP contribution in [-0.4, -0.2) is 33.8 Å². The fourth-order valence-electron chi connectivity index (χ4n) is 3.87. The maximum Gasteiger partial charge on any atom is 0.293 e. The molecule has 0 radical (unpaired) electrons. The van der Waals surface area contributed by atoms with Gasteiger partial charge in [0, 0.05) is 22.1 Å². The molecule has 4 rings (SSSR count). The van der Waals surface area contributed by atoms with Gasteiger partial charge in [0.05, 0.1) is 11.4 Å². The van der Waals surface area contributed by atoms with Crippen molar-refractivity contribution in [1.82, 2.24) is 9.47 Å². The average molecular weight is 481 g/mol. The Bertz CT molecular complexity index is 1260. The highest BCUT2D eigenvalue weighted by Crippen LogP contribution is 2.34. The van der Waals surface area contributed by atoms with Crippen LogP contribution < -0.4 is 4.74 Å². The zero-order valence-corrected chi connectivity index (χ0v) is 20.6. The maximum absolute atomic E-state index is 12.9. The normalized spacial score (nSPS) is 15.1. The first-order chi connectivity index (χ1) is 15.8. The number of nitrogens with zero attached hydrogens (tertiary/aromatic N) is 2. The minimum Gasteiger partial charge on any atom is -0.492 e. The molecule has 5 nitrogen and oxygen atoms in total. The number of benzene rings is 2. The molecule has 170 valence electrons. The molecule has 1 saturated heterocycles. The Morgan fingerprint density at radius 3 is 2.48 bits per heavy atom. The summed E-state index contributed by atoms with van der Waals surface area (Å²) in [6, 6.07) is 15.5. The standard InChI is InChI=1S/C26H25ClN2O3S/c1-16-8-10-21(11-9-16)32-13-12-28-25(30)24(33-26(28)31)15-20-14-17(2)29(19(20)4)23-7-5-6-22(27)18(23)3/h5-11,14-15H,12-13H2,1-4H3/b24-15-. The molecule has 0 spiro atoms. The van der Waals surface area contributed by atoms with Crippen LogP contribution in [0.3, 0.4) is 0 Å². The highest BCUT2D eigenvalue weighted by molar-refractivity contribution is 8.18. The van der Waals surface area contributed by atoms with Crippen LogP contribution in [0.1, 0.15) is 28.1 Å². The molecule has 2 aromatic carbocycles. The number of aromatic nitrogens is 1. The molecule has 1 aliphatic rings. The molecular formula is C26H25ClN2O3S. The first kappa shape index (κ1) is 23.2. The Morgan fingerprint density at radius 1 is 1.03 bits per heavy atom. The third-order valence-electron chi connectivity index (χ3n) is 5.72. The lowest BCUT2D eigenvalue weighted by Gasteiger charge is -2.14. The molecule has 2 heterocycles. The fourth-order valence-corrected chi connectivity index (χ4v) is 4.89. The predicted octanol–water partition coefficient (Wildman–Crippen LogP) is 6.48. The van der Waals surface area contributed by atoms with Gasteiger partial charge in [0.1, 0.15) is 12.4 Å². The summed E-state index contributed by atoms with van der Waals surface area (Å²) in [6.07, 6.45) is 1.80. The summed E-state index contributed by atoms with van der Waals surface area (Å²) >= 11 is 7.29. The molecule has 1 aliphatic heterocycles. The van der Waals surface area contributed by atoms with Crippen molar-refractivity contribution >= 4 is 40.6 Å². The quantitative estimate of drug-likeness (QED) is 0.379. The summed E-state index contributed by atoms with van der Waals surface area (Å²) in [5.74, 6) is 0.424. The van der Waals surface area contributed by atoms with Crippen molar-refractivity contribution in [1.29, 1.82) is 0 Å². The smallest absolute Gasteiger partial charge is 0.293 e. The van der Waals surface area contributed by atoms with E-state index >= 15 is 0 Å². The SMILES string of the molecule is Cc1ccc(OCCN2C(=O)S/C(=C\c3cc(C)n(-c4cccc(Cl)c4C)c3C)C2=O)cc1. The average Bonchev–Trinajstić information content (AvgIpc) is 3.21. The highest BCUT2D eigenvalue weighted by atomic mass is 35.5. The van der Waals surface area contributed by atoms with Crippen molar-refractivity contribution in [2.24, 2.45) is 0 Å². The number of thioether (sulfide) groups is 1. The van der Waals surface area contributed by atoms with E-state index < -0.39 is 0 Å². The number of hydrogen-bond acceptors (Lipinski definition) is 4. The number of aryl methyl sites for hydroxylation is 2. The molecule has 3 aromatic rings. The summed E-state index contributed by atoms with van der Waals surface area (Å²) < 4.78 is 7.81. The zero-order valence-electron chi connectivity index (χ0n) is 19.0. The zero-order chi connectivity index (χ0) is 23.7. The molecule has 33 heavy (non-hydrogen) atoms. The Labute approximate surface area is 203 Å². The lowest BCUT2D eigenvalue weighted by Crippen LogP contribution is -2.32. The Kier molecular flexibility index (Phi) is 6.68. The van der Waals surface area contributed by atoms with E-state index in [4.69, 9.17) is 16.3 Å². The van der Waals surface area contributed by atoms with Gasteiger partial charge in [-0.15, -0.1) is 0 Å². The second-order valence-corrected chi connectivity index (χ2v) is 9.44. The lowest BCUT2D eigenvalue weighted by molar-refractivity contribution is -0.123. The minimum absolute atomic E-state index is 0.205. The molecule has 0 saturated carbocycles. The second-order valence-electron chi connectivity index (χ2n) is 8.04. The van der Waals surface area contributed by atoms with E-state index in [0.29, 0.717) is 15.7 Å². The van der Waals surface area contributed by atoms with Gasteiger partial charge in [-0.05, 0) is 87.0 Å². The second kappa shape index (κ2) is 9.49. The van der Waals surface area contributed by atoms with Crippen molar-refractivity contribution in [3.8, 4) is 11.4 Å². The predicted molar refractivity (Wildman–Crippen MR) is 134 cm³/mol. The van der Waals surface area contributed by atoms with Gasteiger partial charge in [0.15, 0.2) is 0 Å². The Hall–Kier alpha value is -2.96. The van der Waals surface area contributed by atoms with Crippen LogP contribution >= 0.6 is 23.4 Å². The third-order valence-corrected chi connectivity index (χ3v) is 7.03. The monoisotopic (exact) mass is 480 g/mol. The number of imide groups is 1. The summed E-state index contributed by atoms with van der Waals surface area (Å²) in [6.45, 7) is 8.45. The number of amides is 2. The molecule has 0 N–H and O–H groups in total. The molecule has 2 amide bonds. The van der Waals surface area contributed by atoms with Gasteiger partial charge in [-0.3, -0.25) is 14.5 Å². The molecule has 0 atom stereocenters. The number of hydrogen-bond donors (Lipinski definition) is 0. The van der Waals surface area contributed by atoms with Gasteiger partial charge in [-0.2, -0.15) is 0 Å². The first-order valence-corrected chi connectivity index (χ1v) is 11.8. The molecule has 0 aliphatic carbocycles. The van der Waals surface area contributed by atoms with Gasteiger partial charge in [0.2, 0.25) is 0 Å². The molecular weight excluding hydrogens is 456 g/mol. The van der Waals surface area contributed by atoms with Crippen LogP contribution in [0.4, 0.5) is 4.79 Å². The highest BCUT2D eigenvalue weighted by Gasteiger charge is 2.35. The number of ether oxygens (including phenoxy) is 1. The van der Waals surface area contributed by atoms with Crippen molar-refractivity contribution in [3.63, 3.8) is 0 Å². The van der Waals surface area contributed by atoms with E-state index in [1.54, 1.807) is 6.08 Å². The van der Waals surface area contributed by atoms with Gasteiger partial charge >= 0.3 is 0 Å².